The first-order valence-electron chi connectivity index (χ1n) is 5.70. The van der Waals surface area contributed by atoms with Crippen LogP contribution in [0.2, 0.25) is 5.02 Å². The zero-order chi connectivity index (χ0) is 12.4. The van der Waals surface area contributed by atoms with E-state index in [2.05, 4.69) is 9.98 Å². The maximum atomic E-state index is 6.16. The number of rotatable bonds is 2. The largest absolute Gasteiger partial charge is 0.475 e. The summed E-state index contributed by atoms with van der Waals surface area (Å²) in [5, 5.41) is 0.728. The fourth-order valence-electron chi connectivity index (χ4n) is 1.93. The topological polar surface area (TPSA) is 34.5 Å². The Bertz CT molecular complexity index is 583. The molecule has 1 unspecified atom stereocenters. The van der Waals surface area contributed by atoms with Crippen molar-refractivity contribution in [1.82, 2.24) is 4.98 Å². The molecule has 0 amide bonds. The van der Waals surface area contributed by atoms with Gasteiger partial charge in [-0.15, -0.1) is 0 Å². The van der Waals surface area contributed by atoms with Crippen LogP contribution in [-0.2, 0) is 4.74 Å². The number of pyridine rings is 1. The van der Waals surface area contributed by atoms with E-state index in [0.717, 1.165) is 16.1 Å². The van der Waals surface area contributed by atoms with Crippen LogP contribution in [0.1, 0.15) is 17.2 Å². The van der Waals surface area contributed by atoms with Crippen molar-refractivity contribution in [2.45, 2.75) is 6.04 Å². The lowest BCUT2D eigenvalue weighted by Gasteiger charge is -2.06. The lowest BCUT2D eigenvalue weighted by Crippen LogP contribution is -2.01. The van der Waals surface area contributed by atoms with Crippen molar-refractivity contribution in [1.29, 1.82) is 0 Å². The maximum Gasteiger partial charge on any atom is 0.217 e. The first-order valence-corrected chi connectivity index (χ1v) is 6.08. The molecule has 0 spiro atoms. The van der Waals surface area contributed by atoms with E-state index in [1.165, 1.54) is 0 Å². The number of aliphatic imine (C=N–C) groups is 1. The number of nitrogens with zero attached hydrogens (tertiary/aromatic N) is 2. The fourth-order valence-corrected chi connectivity index (χ4v) is 2.19. The van der Waals surface area contributed by atoms with Gasteiger partial charge in [0.05, 0.1) is 0 Å². The van der Waals surface area contributed by atoms with Gasteiger partial charge in [0.25, 0.3) is 0 Å². The molecule has 1 aliphatic heterocycles. The molecule has 0 N–H and O–H groups in total. The molecule has 1 aromatic heterocycles. The molecular formula is C14H11ClN2O. The quantitative estimate of drug-likeness (QED) is 0.829. The van der Waals surface area contributed by atoms with Gasteiger partial charge in [0.2, 0.25) is 5.90 Å². The molecule has 1 aromatic carbocycles. The minimum Gasteiger partial charge on any atom is -0.475 e. The molecule has 0 radical (unpaired) electrons. The predicted octanol–water partition coefficient (Wildman–Crippen LogP) is 3.25. The average molecular weight is 259 g/mol. The SMILES string of the molecule is Clc1ccccc1C1COC(c2ccncc2)=N1. The predicted molar refractivity (Wildman–Crippen MR) is 70.9 cm³/mol. The number of halogens is 1. The summed E-state index contributed by atoms with van der Waals surface area (Å²) in [7, 11) is 0. The minimum absolute atomic E-state index is 0.0261. The first-order chi connectivity index (χ1) is 8.84. The summed E-state index contributed by atoms with van der Waals surface area (Å²) in [4.78, 5) is 8.55. The second-order valence-corrected chi connectivity index (χ2v) is 4.43. The van der Waals surface area contributed by atoms with Crippen molar-refractivity contribution >= 4 is 17.5 Å². The Morgan fingerprint density at radius 1 is 1.11 bits per heavy atom. The second kappa shape index (κ2) is 4.78. The van der Waals surface area contributed by atoms with Gasteiger partial charge >= 0.3 is 0 Å². The van der Waals surface area contributed by atoms with Crippen molar-refractivity contribution in [2.24, 2.45) is 4.99 Å². The second-order valence-electron chi connectivity index (χ2n) is 4.02. The first kappa shape index (κ1) is 11.2. The van der Waals surface area contributed by atoms with E-state index in [1.807, 2.05) is 36.4 Å². The normalized spacial score (nSPS) is 18.3. The number of hydrogen-bond acceptors (Lipinski definition) is 3. The molecule has 0 saturated carbocycles. The Morgan fingerprint density at radius 2 is 1.89 bits per heavy atom. The Hall–Kier alpha value is -1.87. The zero-order valence-corrected chi connectivity index (χ0v) is 10.3. The maximum absolute atomic E-state index is 6.16. The van der Waals surface area contributed by atoms with Crippen LogP contribution in [0.5, 0.6) is 0 Å². The van der Waals surface area contributed by atoms with E-state index >= 15 is 0 Å². The molecule has 1 aliphatic rings. The molecule has 18 heavy (non-hydrogen) atoms. The summed E-state index contributed by atoms with van der Waals surface area (Å²) >= 11 is 6.16. The van der Waals surface area contributed by atoms with Gasteiger partial charge < -0.3 is 4.74 Å². The van der Waals surface area contributed by atoms with Gasteiger partial charge in [0.1, 0.15) is 12.6 Å². The van der Waals surface area contributed by atoms with Crippen LogP contribution in [0.25, 0.3) is 0 Å². The van der Waals surface area contributed by atoms with E-state index in [1.54, 1.807) is 12.4 Å². The number of aromatic nitrogens is 1. The van der Waals surface area contributed by atoms with Gasteiger partial charge in [0.15, 0.2) is 0 Å². The van der Waals surface area contributed by atoms with Crippen molar-refractivity contribution in [3.8, 4) is 0 Å². The summed E-state index contributed by atoms with van der Waals surface area (Å²) in [5.41, 5.74) is 1.95. The number of hydrogen-bond donors (Lipinski definition) is 0. The summed E-state index contributed by atoms with van der Waals surface area (Å²) in [6.07, 6.45) is 3.45. The Balaban J connectivity index is 1.91. The van der Waals surface area contributed by atoms with Gasteiger partial charge in [-0.3, -0.25) is 4.98 Å². The lowest BCUT2D eigenvalue weighted by molar-refractivity contribution is 0.320. The van der Waals surface area contributed by atoms with Gasteiger partial charge in [-0.1, -0.05) is 29.8 Å². The highest BCUT2D eigenvalue weighted by Gasteiger charge is 2.23. The van der Waals surface area contributed by atoms with E-state index in [9.17, 15) is 0 Å². The molecule has 0 aliphatic carbocycles. The molecule has 2 aromatic rings. The van der Waals surface area contributed by atoms with Crippen LogP contribution in [0.3, 0.4) is 0 Å². The number of benzene rings is 1. The van der Waals surface area contributed by atoms with Crippen LogP contribution in [0.4, 0.5) is 0 Å². The summed E-state index contributed by atoms with van der Waals surface area (Å²) in [6.45, 7) is 0.529. The van der Waals surface area contributed by atoms with Crippen molar-refractivity contribution in [2.75, 3.05) is 6.61 Å². The van der Waals surface area contributed by atoms with Gasteiger partial charge in [-0.05, 0) is 23.8 Å². The third kappa shape index (κ3) is 2.09. The van der Waals surface area contributed by atoms with E-state index in [-0.39, 0.29) is 6.04 Å². The average Bonchev–Trinajstić information content (AvgIpc) is 2.90. The Morgan fingerprint density at radius 3 is 2.67 bits per heavy atom. The molecule has 3 nitrogen and oxygen atoms in total. The summed E-state index contributed by atoms with van der Waals surface area (Å²) in [6, 6.07) is 11.5. The van der Waals surface area contributed by atoms with Crippen LogP contribution in [0, 0.1) is 0 Å². The summed E-state index contributed by atoms with van der Waals surface area (Å²) in [5.74, 6) is 0.655. The summed E-state index contributed by atoms with van der Waals surface area (Å²) < 4.78 is 5.62. The van der Waals surface area contributed by atoms with E-state index < -0.39 is 0 Å². The highest BCUT2D eigenvalue weighted by atomic mass is 35.5. The van der Waals surface area contributed by atoms with Crippen molar-refractivity contribution < 1.29 is 4.74 Å². The molecule has 2 heterocycles. The Kier molecular flexibility index (Phi) is 2.99. The van der Waals surface area contributed by atoms with E-state index in [4.69, 9.17) is 16.3 Å². The van der Waals surface area contributed by atoms with Gasteiger partial charge in [0, 0.05) is 23.0 Å². The highest BCUT2D eigenvalue weighted by molar-refractivity contribution is 6.31. The molecule has 0 fully saturated rings. The monoisotopic (exact) mass is 258 g/mol. The zero-order valence-electron chi connectivity index (χ0n) is 9.58. The van der Waals surface area contributed by atoms with Crippen LogP contribution >= 0.6 is 11.6 Å². The van der Waals surface area contributed by atoms with Crippen LogP contribution < -0.4 is 0 Å². The molecular weight excluding hydrogens is 248 g/mol. The van der Waals surface area contributed by atoms with Crippen molar-refractivity contribution in [3.63, 3.8) is 0 Å². The third-order valence-electron chi connectivity index (χ3n) is 2.84. The van der Waals surface area contributed by atoms with Crippen LogP contribution in [-0.4, -0.2) is 17.5 Å². The van der Waals surface area contributed by atoms with E-state index in [0.29, 0.717) is 12.5 Å². The standard InChI is InChI=1S/C14H11ClN2O/c15-12-4-2-1-3-11(12)13-9-18-14(17-13)10-5-7-16-8-6-10/h1-8,13H,9H2. The van der Waals surface area contributed by atoms with Crippen LogP contribution in [0.15, 0.2) is 53.8 Å². The lowest BCUT2D eigenvalue weighted by atomic mass is 10.1. The highest BCUT2D eigenvalue weighted by Crippen LogP contribution is 2.29. The molecule has 3 rings (SSSR count). The minimum atomic E-state index is -0.0261. The fraction of sp³-hybridized carbons (Fsp3) is 0.143. The molecule has 4 heteroatoms. The molecule has 90 valence electrons. The van der Waals surface area contributed by atoms with Crippen molar-refractivity contribution in [3.05, 3.63) is 64.9 Å². The molecule has 0 bridgehead atoms. The third-order valence-corrected chi connectivity index (χ3v) is 3.19. The molecule has 0 saturated heterocycles. The van der Waals surface area contributed by atoms with Gasteiger partial charge in [-0.2, -0.15) is 0 Å². The van der Waals surface area contributed by atoms with Gasteiger partial charge in [-0.25, -0.2) is 4.99 Å². The smallest absolute Gasteiger partial charge is 0.217 e. The Labute approximate surface area is 110 Å². The number of ether oxygens (including phenoxy) is 1. The molecule has 1 atom stereocenters.